The second-order valence-corrected chi connectivity index (χ2v) is 10.2. The number of carbonyl (C=O) groups excluding carboxylic acids is 1. The van der Waals surface area contributed by atoms with E-state index in [9.17, 15) is 17.6 Å². The van der Waals surface area contributed by atoms with Crippen molar-refractivity contribution in [3.63, 3.8) is 0 Å². The number of nitrogens with one attached hydrogen (secondary N) is 1. The van der Waals surface area contributed by atoms with Gasteiger partial charge in [0, 0.05) is 37.1 Å². The van der Waals surface area contributed by atoms with Crippen LogP contribution in [0.5, 0.6) is 0 Å². The summed E-state index contributed by atoms with van der Waals surface area (Å²) in [6.45, 7) is 0. The molecule has 0 saturated heterocycles. The second-order valence-electron chi connectivity index (χ2n) is 8.25. The standard InChI is InChI=1S/C23H23ClFN5O3S/c1-29(2)14-27-34(32,33)21-11-17(28-22(31)10-15-4-3-5-20(25)23(15)24)6-9-19(21)16-12-26-30(13-16)18-7-8-18/h3-6,9,11-14,18H,7-8,10H2,1-2H3,(H,28,31). The van der Waals surface area contributed by atoms with Gasteiger partial charge in [-0.2, -0.15) is 13.5 Å². The number of sulfonamides is 1. The van der Waals surface area contributed by atoms with E-state index in [0.29, 0.717) is 22.7 Å². The van der Waals surface area contributed by atoms with Crippen LogP contribution in [0, 0.1) is 5.82 Å². The zero-order valence-corrected chi connectivity index (χ0v) is 20.1. The van der Waals surface area contributed by atoms with Gasteiger partial charge in [-0.25, -0.2) is 4.39 Å². The van der Waals surface area contributed by atoms with Gasteiger partial charge in [0.05, 0.1) is 28.6 Å². The van der Waals surface area contributed by atoms with Crippen LogP contribution in [0.3, 0.4) is 0 Å². The molecule has 11 heteroatoms. The molecule has 34 heavy (non-hydrogen) atoms. The first-order valence-electron chi connectivity index (χ1n) is 10.5. The van der Waals surface area contributed by atoms with Gasteiger partial charge in [0.25, 0.3) is 10.0 Å². The molecule has 0 spiro atoms. The summed E-state index contributed by atoms with van der Waals surface area (Å²) >= 11 is 5.94. The summed E-state index contributed by atoms with van der Waals surface area (Å²) in [5, 5.41) is 6.88. The summed E-state index contributed by atoms with van der Waals surface area (Å²) in [5.41, 5.74) is 1.64. The summed E-state index contributed by atoms with van der Waals surface area (Å²) in [5.74, 6) is -1.09. The van der Waals surface area contributed by atoms with Crippen molar-refractivity contribution in [2.24, 2.45) is 4.40 Å². The third kappa shape index (κ3) is 5.45. The normalized spacial score (nSPS) is 13.9. The maximum absolute atomic E-state index is 13.7. The number of amides is 1. The summed E-state index contributed by atoms with van der Waals surface area (Å²) in [7, 11) is -0.769. The molecule has 1 fully saturated rings. The first kappa shape index (κ1) is 23.9. The maximum atomic E-state index is 13.7. The van der Waals surface area contributed by atoms with Gasteiger partial charge in [0.1, 0.15) is 12.2 Å². The predicted molar refractivity (Wildman–Crippen MR) is 129 cm³/mol. The Kier molecular flexibility index (Phi) is 6.72. The number of anilines is 1. The molecule has 1 aliphatic carbocycles. The molecule has 178 valence electrons. The summed E-state index contributed by atoms with van der Waals surface area (Å²) < 4.78 is 45.4. The molecule has 0 aliphatic heterocycles. The van der Waals surface area contributed by atoms with E-state index in [0.717, 1.165) is 12.8 Å². The SMILES string of the molecule is CN(C)C=NS(=O)(=O)c1cc(NC(=O)Cc2cccc(F)c2Cl)ccc1-c1cnn(C2CC2)c1. The van der Waals surface area contributed by atoms with Crippen LogP contribution in [-0.4, -0.2) is 49.4 Å². The molecule has 0 atom stereocenters. The number of aromatic nitrogens is 2. The zero-order chi connectivity index (χ0) is 24.5. The highest BCUT2D eigenvalue weighted by Crippen LogP contribution is 2.37. The third-order valence-electron chi connectivity index (χ3n) is 5.18. The van der Waals surface area contributed by atoms with Gasteiger partial charge in [0.2, 0.25) is 5.91 Å². The molecule has 4 rings (SSSR count). The Morgan fingerprint density at radius 3 is 2.79 bits per heavy atom. The Bertz CT molecular complexity index is 1370. The molecule has 1 heterocycles. The van der Waals surface area contributed by atoms with Crippen molar-refractivity contribution < 1.29 is 17.6 Å². The van der Waals surface area contributed by atoms with Crippen LogP contribution in [0.1, 0.15) is 24.4 Å². The van der Waals surface area contributed by atoms with Crippen molar-refractivity contribution >= 4 is 39.6 Å². The summed E-state index contributed by atoms with van der Waals surface area (Å²) in [4.78, 5) is 14.0. The molecule has 1 aliphatic rings. The number of halogens is 2. The molecule has 1 saturated carbocycles. The van der Waals surface area contributed by atoms with E-state index in [2.05, 4.69) is 14.8 Å². The smallest absolute Gasteiger partial charge is 0.284 e. The summed E-state index contributed by atoms with van der Waals surface area (Å²) in [6, 6.07) is 9.14. The van der Waals surface area contributed by atoms with Crippen molar-refractivity contribution in [1.29, 1.82) is 0 Å². The van der Waals surface area contributed by atoms with E-state index in [1.54, 1.807) is 38.5 Å². The van der Waals surface area contributed by atoms with Crippen LogP contribution in [0.2, 0.25) is 5.02 Å². The van der Waals surface area contributed by atoms with Crippen molar-refractivity contribution in [3.8, 4) is 11.1 Å². The molecular formula is C23H23ClFN5O3S. The van der Waals surface area contributed by atoms with Gasteiger partial charge in [-0.15, -0.1) is 4.40 Å². The monoisotopic (exact) mass is 503 g/mol. The summed E-state index contributed by atoms with van der Waals surface area (Å²) in [6.07, 6.45) is 6.54. The molecule has 0 unspecified atom stereocenters. The Hall–Kier alpha value is -3.24. The fourth-order valence-electron chi connectivity index (χ4n) is 3.34. The molecular weight excluding hydrogens is 481 g/mol. The second kappa shape index (κ2) is 9.55. The van der Waals surface area contributed by atoms with Crippen LogP contribution < -0.4 is 5.32 Å². The molecule has 1 aromatic heterocycles. The highest BCUT2D eigenvalue weighted by Gasteiger charge is 2.26. The van der Waals surface area contributed by atoms with E-state index < -0.39 is 21.7 Å². The van der Waals surface area contributed by atoms with Crippen molar-refractivity contribution in [3.05, 3.63) is 65.2 Å². The maximum Gasteiger partial charge on any atom is 0.284 e. The Labute approximate surface area is 202 Å². The molecule has 1 N–H and O–H groups in total. The van der Waals surface area contributed by atoms with E-state index >= 15 is 0 Å². The molecule has 0 bridgehead atoms. The lowest BCUT2D eigenvalue weighted by Crippen LogP contribution is -2.15. The van der Waals surface area contributed by atoms with Crippen molar-refractivity contribution in [2.45, 2.75) is 30.2 Å². The number of benzene rings is 2. The highest BCUT2D eigenvalue weighted by atomic mass is 35.5. The van der Waals surface area contributed by atoms with E-state index in [1.807, 2.05) is 10.9 Å². The van der Waals surface area contributed by atoms with Gasteiger partial charge in [-0.3, -0.25) is 9.48 Å². The molecule has 8 nitrogen and oxygen atoms in total. The van der Waals surface area contributed by atoms with Crippen LogP contribution in [0.15, 0.2) is 58.1 Å². The predicted octanol–water partition coefficient (Wildman–Crippen LogP) is 4.14. The Morgan fingerprint density at radius 1 is 1.32 bits per heavy atom. The fraction of sp³-hybridized carbons (Fsp3) is 0.261. The topological polar surface area (TPSA) is 96.7 Å². The number of nitrogens with zero attached hydrogens (tertiary/aromatic N) is 4. The molecule has 2 aromatic carbocycles. The van der Waals surface area contributed by atoms with Crippen LogP contribution in [0.4, 0.5) is 10.1 Å². The first-order valence-corrected chi connectivity index (χ1v) is 12.3. The average Bonchev–Trinajstić information content (AvgIpc) is 3.52. The van der Waals surface area contributed by atoms with Gasteiger partial charge >= 0.3 is 0 Å². The number of rotatable bonds is 8. The van der Waals surface area contributed by atoms with E-state index in [4.69, 9.17) is 11.6 Å². The minimum Gasteiger partial charge on any atom is -0.368 e. The minimum absolute atomic E-state index is 0.0671. The van der Waals surface area contributed by atoms with E-state index in [1.165, 1.54) is 29.4 Å². The average molecular weight is 504 g/mol. The van der Waals surface area contributed by atoms with Gasteiger partial charge in [-0.05, 0) is 36.6 Å². The third-order valence-corrected chi connectivity index (χ3v) is 6.86. The first-order chi connectivity index (χ1) is 16.1. The minimum atomic E-state index is -4.09. The van der Waals surface area contributed by atoms with Crippen LogP contribution >= 0.6 is 11.6 Å². The number of hydrogen-bond acceptors (Lipinski definition) is 4. The van der Waals surface area contributed by atoms with Gasteiger partial charge in [-0.1, -0.05) is 29.8 Å². The van der Waals surface area contributed by atoms with Gasteiger partial charge < -0.3 is 10.2 Å². The lowest BCUT2D eigenvalue weighted by atomic mass is 10.1. The van der Waals surface area contributed by atoms with Gasteiger partial charge in [0.15, 0.2) is 0 Å². The van der Waals surface area contributed by atoms with Crippen LogP contribution in [-0.2, 0) is 21.2 Å². The quantitative estimate of drug-likeness (QED) is 0.368. The van der Waals surface area contributed by atoms with Crippen LogP contribution in [0.25, 0.3) is 11.1 Å². The molecule has 1 amide bonds. The van der Waals surface area contributed by atoms with E-state index in [-0.39, 0.29) is 22.0 Å². The fourth-order valence-corrected chi connectivity index (χ4v) is 4.70. The number of hydrogen-bond donors (Lipinski definition) is 1. The zero-order valence-electron chi connectivity index (χ0n) is 18.6. The number of carbonyl (C=O) groups is 1. The lowest BCUT2D eigenvalue weighted by molar-refractivity contribution is -0.115. The van der Waals surface area contributed by atoms with Crippen molar-refractivity contribution in [1.82, 2.24) is 14.7 Å². The molecule has 0 radical (unpaired) electrons. The Balaban J connectivity index is 1.66. The Morgan fingerprint density at radius 2 is 2.09 bits per heavy atom. The largest absolute Gasteiger partial charge is 0.368 e. The highest BCUT2D eigenvalue weighted by molar-refractivity contribution is 7.90. The molecule has 3 aromatic rings. The lowest BCUT2D eigenvalue weighted by Gasteiger charge is -2.12. The van der Waals surface area contributed by atoms with Crippen molar-refractivity contribution in [2.75, 3.05) is 19.4 Å².